The molecule has 1 aromatic heterocycles. The smallest absolute Gasteiger partial charge is 0.383 e. The zero-order valence-electron chi connectivity index (χ0n) is 58.6. The lowest BCUT2D eigenvalue weighted by molar-refractivity contribution is -0.137. The quantitative estimate of drug-likeness (QED) is 0.0937. The molecule has 1 saturated heterocycles. The molecule has 1 amide bonds. The minimum Gasteiger partial charge on any atom is -0.383 e. The molecule has 1 fully saturated rings. The predicted molar refractivity (Wildman–Crippen MR) is 198 cm³/mol. The van der Waals surface area contributed by atoms with E-state index >= 15 is 13.6 Å². The fourth-order valence-electron chi connectivity index (χ4n) is 4.11. The van der Waals surface area contributed by atoms with Crippen LogP contribution in [0.15, 0.2) is 100 Å². The van der Waals surface area contributed by atoms with Gasteiger partial charge in [0.25, 0.3) is 0 Å². The van der Waals surface area contributed by atoms with E-state index in [1.54, 1.807) is 0 Å². The summed E-state index contributed by atoms with van der Waals surface area (Å²) < 4.78 is 358. The third-order valence-corrected chi connectivity index (χ3v) is 7.30. The van der Waals surface area contributed by atoms with Gasteiger partial charge >= 0.3 is 6.18 Å². The molecule has 0 unspecified atom stereocenters. The second-order valence-electron chi connectivity index (χ2n) is 10.1. The molecule has 0 spiro atoms. The van der Waals surface area contributed by atoms with Gasteiger partial charge in [0.15, 0.2) is 17.1 Å². The van der Waals surface area contributed by atoms with Crippen LogP contribution in [0.1, 0.15) is 78.9 Å². The Hall–Kier alpha value is -4.52. The minimum atomic E-state index is -5.59. The third-order valence-electron chi connectivity index (χ3n) is 6.52. The third kappa shape index (κ3) is 9.17. The highest BCUT2D eigenvalue weighted by atomic mass is 32.2. The summed E-state index contributed by atoms with van der Waals surface area (Å²) in [6.07, 6.45) is -15.6. The van der Waals surface area contributed by atoms with Crippen LogP contribution in [0.3, 0.4) is 0 Å². The molecule has 6 rings (SSSR count). The zero-order valence-corrected chi connectivity index (χ0v) is 27.4. The highest BCUT2D eigenvalue weighted by molar-refractivity contribution is 7.98. The first-order valence-electron chi connectivity index (χ1n) is 30.3. The molecule has 0 bridgehead atoms. The Morgan fingerprint density at radius 2 is 1.70 bits per heavy atom. The van der Waals surface area contributed by atoms with E-state index in [-0.39, 0.29) is 0 Å². The lowest BCUT2D eigenvalue weighted by Crippen LogP contribution is -2.48. The second kappa shape index (κ2) is 16.7. The van der Waals surface area contributed by atoms with Crippen LogP contribution in [-0.4, -0.2) is 59.5 Å². The number of hydrogen-bond acceptors (Lipinski definition) is 5. The van der Waals surface area contributed by atoms with E-state index in [2.05, 4.69) is 4.74 Å². The summed E-state index contributed by atoms with van der Waals surface area (Å²) >= 11 is -0.846. The lowest BCUT2D eigenvalue weighted by atomic mass is 10.00. The summed E-state index contributed by atoms with van der Waals surface area (Å²) in [5.74, 6) is -7.63. The van der Waals surface area contributed by atoms with E-state index in [0.717, 1.165) is 6.92 Å². The number of nitrogens with zero attached hydrogens (tertiary/aromatic N) is 3. The van der Waals surface area contributed by atoms with E-state index in [1.165, 1.54) is 0 Å². The standard InChI is InChI=1S/C41H40F5N3O3S/c1-27-6-15-36-34(22-27)37(50)23-39(53-26-31-4-3-5-35(42)40(31)43)49(36)25-38(51)48(33-16-18-47(19-17-33)20-21-52-2)24-28-7-9-29(10-8-28)30-11-13-32(14-12-30)41(44,45)46/h3-15,22-23,33H,16-21,24-26H2,1-2H3/i3D,4D,5D,6D,7D,8D,9D,10D,11D,12D,13D,14D,15D,16D2,17D2,18D2,19D2,20D2,21D2,22D,23D,25D2,26D2,33D. The van der Waals surface area contributed by atoms with Crippen molar-refractivity contribution in [3.05, 3.63) is 135 Å². The molecule has 4 aromatic carbocycles. The summed E-state index contributed by atoms with van der Waals surface area (Å²) in [6.45, 7) is -24.4. The Kier molecular flexibility index (Phi) is 4.70. The van der Waals surface area contributed by atoms with E-state index < -0.39 is 259 Å². The molecule has 0 radical (unpaired) electrons. The van der Waals surface area contributed by atoms with Crippen LogP contribution in [-0.2, 0) is 34.5 Å². The summed E-state index contributed by atoms with van der Waals surface area (Å²) in [6, 6.07) is -29.1. The van der Waals surface area contributed by atoms with Gasteiger partial charge in [-0.25, -0.2) is 8.78 Å². The molecule has 0 N–H and O–H groups in total. The van der Waals surface area contributed by atoms with Crippen molar-refractivity contribution in [2.45, 2.75) is 55.6 Å². The number of aromatic nitrogens is 1. The van der Waals surface area contributed by atoms with E-state index in [1.807, 2.05) is 0 Å². The van der Waals surface area contributed by atoms with Crippen molar-refractivity contribution in [1.29, 1.82) is 0 Å². The minimum absolute atomic E-state index is 0.431. The Bertz CT molecular complexity index is 3650. The fraction of sp³-hybridized carbons (Fsp3) is 0.317. The lowest BCUT2D eigenvalue weighted by Gasteiger charge is -2.39. The average Bonchev–Trinajstić information content (AvgIpc) is 0.663. The van der Waals surface area contributed by atoms with Crippen LogP contribution in [0.2, 0.25) is 0 Å². The molecule has 5 aromatic rings. The number of likely N-dealkylation sites (tertiary alicyclic amines) is 1. The number of rotatable bonds is 12. The molecule has 12 heteroatoms. The molecule has 53 heavy (non-hydrogen) atoms. The Morgan fingerprint density at radius 1 is 1.02 bits per heavy atom. The van der Waals surface area contributed by atoms with Crippen LogP contribution < -0.4 is 5.43 Å². The Balaban J connectivity index is 1.85. The first-order chi connectivity index (χ1) is 38.1. The van der Waals surface area contributed by atoms with Gasteiger partial charge in [0, 0.05) is 78.3 Å². The van der Waals surface area contributed by atoms with Crippen molar-refractivity contribution >= 4 is 28.6 Å². The Labute approximate surface area is 354 Å². The predicted octanol–water partition coefficient (Wildman–Crippen LogP) is 8.71. The van der Waals surface area contributed by atoms with E-state index in [4.69, 9.17) is 34.3 Å². The molecule has 0 saturated carbocycles. The number of piperidine rings is 1. The van der Waals surface area contributed by atoms with Gasteiger partial charge in [0.2, 0.25) is 5.91 Å². The van der Waals surface area contributed by atoms with Gasteiger partial charge in [-0.15, -0.1) is 11.8 Å². The molecule has 1 aliphatic rings. The van der Waals surface area contributed by atoms with Crippen LogP contribution >= 0.6 is 11.8 Å². The van der Waals surface area contributed by atoms with Crippen molar-refractivity contribution in [1.82, 2.24) is 14.4 Å². The number of carbonyl (C=O) groups is 1. The molecule has 278 valence electrons. The molecule has 0 aliphatic carbocycles. The van der Waals surface area contributed by atoms with Gasteiger partial charge in [-0.05, 0) is 66.6 Å². The first kappa shape index (κ1) is 15.0. The molecule has 1 aliphatic heterocycles. The maximum Gasteiger partial charge on any atom is 0.416 e. The van der Waals surface area contributed by atoms with Gasteiger partial charge < -0.3 is 19.1 Å². The normalized spacial score (nSPS) is 28.4. The number of thioether (sulfide) groups is 1. The van der Waals surface area contributed by atoms with Gasteiger partial charge in [-0.1, -0.05) is 59.9 Å². The average molecular weight is 782 g/mol. The number of halogens is 5. The summed E-state index contributed by atoms with van der Waals surface area (Å²) in [4.78, 5) is 28.2. The largest absolute Gasteiger partial charge is 0.416 e. The van der Waals surface area contributed by atoms with E-state index in [0.29, 0.717) is 7.11 Å². The first-order valence-corrected chi connectivity index (χ1v) is 15.1. The number of alkyl halides is 3. The number of pyridine rings is 1. The highest BCUT2D eigenvalue weighted by Gasteiger charge is 2.31. The highest BCUT2D eigenvalue weighted by Crippen LogP contribution is 2.32. The van der Waals surface area contributed by atoms with Crippen molar-refractivity contribution in [3.63, 3.8) is 0 Å². The maximum atomic E-state index is 16.0. The number of ether oxygens (including phenoxy) is 1. The molecule has 0 atom stereocenters. The molecular formula is C41H40F5N3O3S. The van der Waals surface area contributed by atoms with E-state index in [9.17, 15) is 27.6 Å². The number of amides is 1. The number of carbonyl (C=O) groups excluding carboxylic acids is 1. The van der Waals surface area contributed by atoms with Crippen LogP contribution in [0, 0.1) is 18.6 Å². The number of fused-ring (bicyclic) bond motifs is 1. The number of benzene rings is 4. The molecule has 2 heterocycles. The van der Waals surface area contributed by atoms with Gasteiger partial charge in [0.1, 0.15) is 6.50 Å². The van der Waals surface area contributed by atoms with Gasteiger partial charge in [-0.3, -0.25) is 9.59 Å². The van der Waals surface area contributed by atoms with Crippen molar-refractivity contribution in [2.24, 2.45) is 0 Å². The van der Waals surface area contributed by atoms with Crippen LogP contribution in [0.5, 0.6) is 0 Å². The Morgan fingerprint density at radius 3 is 2.36 bits per heavy atom. The summed E-state index contributed by atoms with van der Waals surface area (Å²) in [5.41, 5.74) is -16.3. The van der Waals surface area contributed by atoms with Crippen LogP contribution in [0.25, 0.3) is 22.0 Å². The molecular weight excluding hydrogens is 710 g/mol. The van der Waals surface area contributed by atoms with Crippen molar-refractivity contribution < 1.29 is 75.3 Å². The monoisotopic (exact) mass is 781 g/mol. The number of methoxy groups -OCH3 is 1. The zero-order chi connectivity index (χ0) is 66.0. The summed E-state index contributed by atoms with van der Waals surface area (Å²) in [5, 5.41) is -3.11. The van der Waals surface area contributed by atoms with Crippen molar-refractivity contribution in [3.8, 4) is 11.1 Å². The van der Waals surface area contributed by atoms with Gasteiger partial charge in [0.05, 0.1) is 50.1 Å². The van der Waals surface area contributed by atoms with Gasteiger partial charge in [-0.2, -0.15) is 13.2 Å². The number of hydrogen-bond donors (Lipinski definition) is 0. The fourth-order valence-corrected chi connectivity index (χ4v) is 4.82. The maximum absolute atomic E-state index is 16.0. The van der Waals surface area contributed by atoms with Crippen LogP contribution in [0.4, 0.5) is 22.0 Å². The second-order valence-corrected chi connectivity index (χ2v) is 10.9. The SMILES string of the molecule is [2H]c1c([2H])c(F)c(F)c(C([2H])([2H])Sc2c([2H])c(=O)c3c([2H])c(C)c([2H])c([2H])c3n2C([2H])([2H])C(=O)N(Cc2c([2H])c([2H])c(-c3c([2H])c([2H])c(C(F)(F)F)c([2H])c3[2H])c([2H])c2[2H])C2([2H])C([2H])([2H])C([2H])([2H])N(C([2H])([2H])C([2H])([2H])OC)C([2H])([2H])C2([2H])[2H])c1[2H]. The topological polar surface area (TPSA) is 54.8 Å². The summed E-state index contributed by atoms with van der Waals surface area (Å²) in [7, 11) is 0.431. The molecule has 6 nitrogen and oxygen atoms in total. The van der Waals surface area contributed by atoms with Crippen molar-refractivity contribution in [2.75, 3.05) is 33.2 Å².